The molecule has 0 spiro atoms. The first kappa shape index (κ1) is 24.0. The molecule has 2 atom stereocenters. The van der Waals surface area contributed by atoms with Crippen LogP contribution in [-0.4, -0.2) is 12.6 Å². The number of allylic oxidation sites excluding steroid dienone is 3. The Hall–Kier alpha value is -1.05. The van der Waals surface area contributed by atoms with E-state index in [4.69, 9.17) is 4.74 Å². The highest BCUT2D eigenvalue weighted by Gasteiger charge is 2.25. The van der Waals surface area contributed by atoms with Gasteiger partial charge in [0, 0.05) is 6.08 Å². The van der Waals surface area contributed by atoms with E-state index in [9.17, 15) is 4.79 Å². The minimum atomic E-state index is -0.217. The topological polar surface area (TPSA) is 26.3 Å². The van der Waals surface area contributed by atoms with Crippen molar-refractivity contribution < 1.29 is 9.53 Å². The molecule has 156 valence electrons. The number of hydrogen-bond donors (Lipinski definition) is 0. The second-order valence-electron chi connectivity index (χ2n) is 8.25. The summed E-state index contributed by atoms with van der Waals surface area (Å²) in [5.41, 5.74) is 0. The molecule has 0 aromatic rings. The van der Waals surface area contributed by atoms with E-state index in [1.54, 1.807) is 6.08 Å². The van der Waals surface area contributed by atoms with E-state index < -0.39 is 0 Å². The van der Waals surface area contributed by atoms with E-state index in [-0.39, 0.29) is 5.97 Å². The zero-order chi connectivity index (χ0) is 19.6. The van der Waals surface area contributed by atoms with Crippen molar-refractivity contribution >= 4 is 5.97 Å². The summed E-state index contributed by atoms with van der Waals surface area (Å²) in [5, 5.41) is 0. The van der Waals surface area contributed by atoms with Crippen LogP contribution in [-0.2, 0) is 9.53 Å². The Morgan fingerprint density at radius 3 is 2.30 bits per heavy atom. The summed E-state index contributed by atoms with van der Waals surface area (Å²) in [6.07, 6.45) is 27.5. The first-order valence-corrected chi connectivity index (χ1v) is 11.8. The Morgan fingerprint density at radius 2 is 1.52 bits per heavy atom. The molecule has 27 heavy (non-hydrogen) atoms. The lowest BCUT2D eigenvalue weighted by atomic mass is 9.87. The molecular formula is C25H44O2. The van der Waals surface area contributed by atoms with Crippen LogP contribution in [0, 0.1) is 11.8 Å². The fourth-order valence-corrected chi connectivity index (χ4v) is 4.25. The summed E-state index contributed by atoms with van der Waals surface area (Å²) in [6.45, 7) is 4.98. The highest BCUT2D eigenvalue weighted by molar-refractivity contribution is 5.82. The second kappa shape index (κ2) is 17.1. The Morgan fingerprint density at radius 1 is 0.852 bits per heavy atom. The molecule has 0 saturated heterocycles. The predicted molar refractivity (Wildman–Crippen MR) is 117 cm³/mol. The predicted octanol–water partition coefficient (Wildman–Crippen LogP) is 7.78. The lowest BCUT2D eigenvalue weighted by Gasteiger charge is -2.18. The zero-order valence-corrected chi connectivity index (χ0v) is 18.1. The van der Waals surface area contributed by atoms with Gasteiger partial charge in [0.25, 0.3) is 0 Å². The summed E-state index contributed by atoms with van der Waals surface area (Å²) < 4.78 is 5.15. The molecule has 2 nitrogen and oxygen atoms in total. The number of hydrogen-bond acceptors (Lipinski definition) is 2. The minimum Gasteiger partial charge on any atom is -0.463 e. The van der Waals surface area contributed by atoms with Crippen LogP contribution in [0.25, 0.3) is 0 Å². The third kappa shape index (κ3) is 12.9. The van der Waals surface area contributed by atoms with Gasteiger partial charge in [0.05, 0.1) is 6.61 Å². The molecule has 0 aromatic carbocycles. The third-order valence-corrected chi connectivity index (χ3v) is 5.92. The van der Waals surface area contributed by atoms with Gasteiger partial charge in [-0.15, -0.1) is 0 Å². The SMILES string of the molecule is CCCCCCCC[C@H]1CCC[C@@H]1CCC=CC=CC(=O)OCCCCC. The molecule has 1 aliphatic rings. The number of esters is 1. The average molecular weight is 377 g/mol. The van der Waals surface area contributed by atoms with Crippen molar-refractivity contribution in [2.75, 3.05) is 6.61 Å². The molecule has 0 aromatic heterocycles. The van der Waals surface area contributed by atoms with E-state index in [2.05, 4.69) is 19.9 Å². The van der Waals surface area contributed by atoms with Gasteiger partial charge in [-0.2, -0.15) is 0 Å². The van der Waals surface area contributed by atoms with Crippen molar-refractivity contribution in [2.24, 2.45) is 11.8 Å². The Balaban J connectivity index is 2.08. The van der Waals surface area contributed by atoms with E-state index >= 15 is 0 Å². The minimum absolute atomic E-state index is 0.217. The maximum Gasteiger partial charge on any atom is 0.330 e. The lowest BCUT2D eigenvalue weighted by Crippen LogP contribution is -2.07. The van der Waals surface area contributed by atoms with Crippen molar-refractivity contribution in [1.29, 1.82) is 0 Å². The summed E-state index contributed by atoms with van der Waals surface area (Å²) in [6, 6.07) is 0. The second-order valence-corrected chi connectivity index (χ2v) is 8.25. The number of unbranched alkanes of at least 4 members (excludes halogenated alkanes) is 7. The molecule has 1 saturated carbocycles. The number of carbonyl (C=O) groups is 1. The molecule has 0 bridgehead atoms. The van der Waals surface area contributed by atoms with Gasteiger partial charge in [-0.3, -0.25) is 0 Å². The lowest BCUT2D eigenvalue weighted by molar-refractivity contribution is -0.137. The Bertz CT molecular complexity index is 411. The number of ether oxygens (including phenoxy) is 1. The first-order valence-electron chi connectivity index (χ1n) is 11.8. The average Bonchev–Trinajstić information content (AvgIpc) is 3.12. The molecular weight excluding hydrogens is 332 g/mol. The molecule has 1 rings (SSSR count). The monoisotopic (exact) mass is 376 g/mol. The highest BCUT2D eigenvalue weighted by Crippen LogP contribution is 2.38. The number of carbonyl (C=O) groups excluding carboxylic acids is 1. The largest absolute Gasteiger partial charge is 0.463 e. The van der Waals surface area contributed by atoms with Gasteiger partial charge in [-0.25, -0.2) is 4.79 Å². The molecule has 0 N–H and O–H groups in total. The van der Waals surface area contributed by atoms with Crippen molar-refractivity contribution in [3.63, 3.8) is 0 Å². The van der Waals surface area contributed by atoms with Crippen LogP contribution in [0.15, 0.2) is 24.3 Å². The summed E-state index contributed by atoms with van der Waals surface area (Å²) >= 11 is 0. The summed E-state index contributed by atoms with van der Waals surface area (Å²) in [7, 11) is 0. The van der Waals surface area contributed by atoms with Crippen LogP contribution in [0.3, 0.4) is 0 Å². The Labute approximate surface area is 168 Å². The van der Waals surface area contributed by atoms with Gasteiger partial charge in [0.2, 0.25) is 0 Å². The molecule has 0 aliphatic heterocycles. The maximum atomic E-state index is 11.5. The zero-order valence-electron chi connectivity index (χ0n) is 18.1. The quantitative estimate of drug-likeness (QED) is 0.119. The van der Waals surface area contributed by atoms with Gasteiger partial charge < -0.3 is 4.74 Å². The maximum absolute atomic E-state index is 11.5. The van der Waals surface area contributed by atoms with E-state index in [0.29, 0.717) is 6.61 Å². The molecule has 1 fully saturated rings. The van der Waals surface area contributed by atoms with Gasteiger partial charge in [-0.05, 0) is 31.1 Å². The normalized spacial score (nSPS) is 20.1. The van der Waals surface area contributed by atoms with E-state index in [1.807, 2.05) is 12.2 Å². The molecule has 0 radical (unpaired) electrons. The molecule has 0 unspecified atom stereocenters. The van der Waals surface area contributed by atoms with Crippen molar-refractivity contribution in [1.82, 2.24) is 0 Å². The van der Waals surface area contributed by atoms with Crippen LogP contribution in [0.1, 0.15) is 110 Å². The van der Waals surface area contributed by atoms with Gasteiger partial charge in [-0.1, -0.05) is 109 Å². The molecule has 0 heterocycles. The van der Waals surface area contributed by atoms with Gasteiger partial charge in [0.1, 0.15) is 0 Å². The van der Waals surface area contributed by atoms with Crippen LogP contribution in [0.4, 0.5) is 0 Å². The molecule has 2 heteroatoms. The van der Waals surface area contributed by atoms with E-state index in [1.165, 1.54) is 70.6 Å². The van der Waals surface area contributed by atoms with Crippen LogP contribution < -0.4 is 0 Å². The van der Waals surface area contributed by atoms with Crippen molar-refractivity contribution in [3.8, 4) is 0 Å². The summed E-state index contributed by atoms with van der Waals surface area (Å²) in [5.74, 6) is 1.68. The Kier molecular flexibility index (Phi) is 15.2. The summed E-state index contributed by atoms with van der Waals surface area (Å²) in [4.78, 5) is 11.5. The number of rotatable bonds is 16. The van der Waals surface area contributed by atoms with Crippen molar-refractivity contribution in [2.45, 2.75) is 110 Å². The van der Waals surface area contributed by atoms with Gasteiger partial charge >= 0.3 is 5.97 Å². The fraction of sp³-hybridized carbons (Fsp3) is 0.800. The van der Waals surface area contributed by atoms with Crippen molar-refractivity contribution in [3.05, 3.63) is 24.3 Å². The standard InChI is InChI=1S/C25H44O2/c1-3-5-7-8-9-12-17-23-19-16-20-24(23)18-13-10-11-14-21-25(26)27-22-15-6-4-2/h10-11,14,21,23-24H,3-9,12-13,15-20,22H2,1-2H3/t23-,24-/m0/s1. The smallest absolute Gasteiger partial charge is 0.330 e. The fourth-order valence-electron chi connectivity index (χ4n) is 4.25. The first-order chi connectivity index (χ1) is 13.3. The molecule has 0 amide bonds. The van der Waals surface area contributed by atoms with Crippen LogP contribution >= 0.6 is 0 Å². The molecule has 1 aliphatic carbocycles. The third-order valence-electron chi connectivity index (χ3n) is 5.92. The van der Waals surface area contributed by atoms with Crippen LogP contribution in [0.5, 0.6) is 0 Å². The highest BCUT2D eigenvalue weighted by atomic mass is 16.5. The van der Waals surface area contributed by atoms with E-state index in [0.717, 1.165) is 37.5 Å². The van der Waals surface area contributed by atoms with Crippen LogP contribution in [0.2, 0.25) is 0 Å². The van der Waals surface area contributed by atoms with Gasteiger partial charge in [0.15, 0.2) is 0 Å².